The molecule has 0 saturated carbocycles. The first kappa shape index (κ1) is 33.3. The first-order valence-corrected chi connectivity index (χ1v) is 14.6. The molecule has 2 aromatic carbocycles. The van der Waals surface area contributed by atoms with Crippen LogP contribution in [0.4, 0.5) is 0 Å². The van der Waals surface area contributed by atoms with E-state index in [0.29, 0.717) is 29.2 Å². The first-order valence-electron chi connectivity index (χ1n) is 11.7. The van der Waals surface area contributed by atoms with E-state index in [2.05, 4.69) is 0 Å². The normalized spacial score (nSPS) is 20.3. The molecule has 18 nitrogen and oxygen atoms in total. The van der Waals surface area contributed by atoms with Crippen molar-refractivity contribution >= 4 is 43.9 Å². The molecule has 2 aromatic rings. The highest BCUT2D eigenvalue weighted by Gasteiger charge is 2.59. The van der Waals surface area contributed by atoms with Crippen LogP contribution in [0.2, 0.25) is 0 Å². The van der Waals surface area contributed by atoms with Crippen LogP contribution < -0.4 is 0 Å². The number of phenolic OH excluding ortho intramolecular Hbond substituents is 2. The molecule has 1 aliphatic rings. The second-order valence-corrected chi connectivity index (χ2v) is 12.2. The number of benzene rings is 2. The number of aliphatic carboxylic acids is 3. The van der Waals surface area contributed by atoms with Crippen LogP contribution in [0.25, 0.3) is 0 Å². The Labute approximate surface area is 242 Å². The van der Waals surface area contributed by atoms with E-state index in [1.54, 1.807) is 0 Å². The number of carbonyl (C=O) groups excluding carboxylic acids is 1. The molecule has 0 bridgehead atoms. The van der Waals surface area contributed by atoms with E-state index in [9.17, 15) is 75.8 Å². The number of carboxylic acids is 3. The Balaban J connectivity index is 2.05. The highest BCUT2D eigenvalue weighted by Crippen LogP contribution is 2.41. The van der Waals surface area contributed by atoms with Gasteiger partial charge in [-0.25, -0.2) is 0 Å². The van der Waals surface area contributed by atoms with Gasteiger partial charge in [0, 0.05) is 24.2 Å². The smallest absolute Gasteiger partial charge is 0.325 e. The predicted molar refractivity (Wildman–Crippen MR) is 137 cm³/mol. The summed E-state index contributed by atoms with van der Waals surface area (Å²) in [6.45, 7) is -3.35. The number of nitrogens with zero attached hydrogens (tertiary/aromatic N) is 2. The number of carboxylic acid groups (broad SMARTS) is 3. The van der Waals surface area contributed by atoms with Crippen LogP contribution in [0.15, 0.2) is 46.2 Å². The molecular formula is C23H24N2O16S2. The summed E-state index contributed by atoms with van der Waals surface area (Å²) in [5, 5.41) is 61.1. The molecule has 0 amide bonds. The Morgan fingerprint density at radius 3 is 1.95 bits per heavy atom. The van der Waals surface area contributed by atoms with Gasteiger partial charge in [-0.1, -0.05) is 0 Å². The maximum absolute atomic E-state index is 13.0. The monoisotopic (exact) mass is 648 g/mol. The van der Waals surface area contributed by atoms with Gasteiger partial charge in [0.25, 0.3) is 20.2 Å². The first-order chi connectivity index (χ1) is 19.7. The summed E-state index contributed by atoms with van der Waals surface area (Å²) in [4.78, 5) is 48.8. The fourth-order valence-corrected chi connectivity index (χ4v) is 5.79. The Hall–Kier alpha value is -4.18. The summed E-state index contributed by atoms with van der Waals surface area (Å²) in [5.41, 5.74) is -4.66. The topological polar surface area (TPSA) is 305 Å². The van der Waals surface area contributed by atoms with Crippen molar-refractivity contribution in [3.8, 4) is 11.5 Å². The molecule has 0 spiro atoms. The van der Waals surface area contributed by atoms with Gasteiger partial charge in [-0.05, 0) is 36.4 Å². The Bertz CT molecular complexity index is 1710. The summed E-state index contributed by atoms with van der Waals surface area (Å²) in [7, 11) is -9.85. The minimum atomic E-state index is -4.95. The Morgan fingerprint density at radius 1 is 0.930 bits per heavy atom. The average Bonchev–Trinajstić information content (AvgIpc) is 3.12. The summed E-state index contributed by atoms with van der Waals surface area (Å²) in [6, 6.07) is -0.402. The second kappa shape index (κ2) is 11.8. The van der Waals surface area contributed by atoms with Crippen LogP contribution >= 0.6 is 0 Å². The summed E-state index contributed by atoms with van der Waals surface area (Å²) in [5.74, 6) is -8.28. The van der Waals surface area contributed by atoms with Crippen LogP contribution in [-0.4, -0.2) is 122 Å². The molecule has 3 unspecified atom stereocenters. The van der Waals surface area contributed by atoms with Gasteiger partial charge < -0.3 is 30.6 Å². The number of carbonyl (C=O) groups is 4. The molecule has 1 aliphatic heterocycles. The number of rotatable bonds is 12. The number of hydrogen-bond donors (Lipinski definition) is 8. The van der Waals surface area contributed by atoms with E-state index in [-0.39, 0.29) is 0 Å². The molecule has 43 heavy (non-hydrogen) atoms. The van der Waals surface area contributed by atoms with Crippen LogP contribution in [0.5, 0.6) is 11.5 Å². The molecule has 0 aromatic heterocycles. The van der Waals surface area contributed by atoms with Crippen molar-refractivity contribution in [2.24, 2.45) is 0 Å². The van der Waals surface area contributed by atoms with E-state index in [4.69, 9.17) is 0 Å². The second-order valence-electron chi connectivity index (χ2n) is 9.36. The summed E-state index contributed by atoms with van der Waals surface area (Å²) < 4.78 is 65.0. The molecule has 1 heterocycles. The van der Waals surface area contributed by atoms with Crippen molar-refractivity contribution in [2.75, 3.05) is 26.2 Å². The molecule has 3 atom stereocenters. The van der Waals surface area contributed by atoms with Crippen LogP contribution in [0, 0.1) is 0 Å². The molecule has 1 saturated heterocycles. The molecule has 234 valence electrons. The van der Waals surface area contributed by atoms with Crippen LogP contribution in [0.3, 0.4) is 0 Å². The quantitative estimate of drug-likeness (QED) is 0.119. The maximum Gasteiger partial charge on any atom is 0.325 e. The number of aliphatic hydroxyl groups is 1. The number of ketones is 1. The molecule has 20 heteroatoms. The zero-order chi connectivity index (χ0) is 32.7. The Kier molecular flexibility index (Phi) is 9.17. The molecule has 1 fully saturated rings. The third kappa shape index (κ3) is 6.74. The van der Waals surface area contributed by atoms with Gasteiger partial charge in [-0.15, -0.1) is 0 Å². The van der Waals surface area contributed by atoms with E-state index < -0.39 is 120 Å². The highest BCUT2D eigenvalue weighted by molar-refractivity contribution is 7.86. The molecular weight excluding hydrogens is 624 g/mol. The van der Waals surface area contributed by atoms with Gasteiger partial charge in [0.1, 0.15) is 23.6 Å². The van der Waals surface area contributed by atoms with Crippen LogP contribution in [-0.2, 0) is 45.0 Å². The summed E-state index contributed by atoms with van der Waals surface area (Å²) in [6.07, 6.45) is 0. The fourth-order valence-electron chi connectivity index (χ4n) is 4.76. The minimum Gasteiger partial charge on any atom is -0.508 e. The molecule has 8 N–H and O–H groups in total. The number of hydrogen-bond acceptors (Lipinski definition) is 13. The third-order valence-electron chi connectivity index (χ3n) is 6.65. The van der Waals surface area contributed by atoms with Crippen molar-refractivity contribution in [1.29, 1.82) is 0 Å². The van der Waals surface area contributed by atoms with E-state index >= 15 is 0 Å². The third-order valence-corrected chi connectivity index (χ3v) is 8.35. The lowest BCUT2D eigenvalue weighted by atomic mass is 9.85. The number of phenols is 2. The van der Waals surface area contributed by atoms with E-state index in [1.165, 1.54) is 0 Å². The van der Waals surface area contributed by atoms with Crippen molar-refractivity contribution < 1.29 is 75.8 Å². The molecule has 0 aliphatic carbocycles. The number of Topliss-reactive ketones (excluding diaryl/α,β-unsaturated/α-hetero) is 1. The lowest BCUT2D eigenvalue weighted by molar-refractivity contribution is -0.155. The Morgan fingerprint density at radius 2 is 1.47 bits per heavy atom. The largest absolute Gasteiger partial charge is 0.508 e. The van der Waals surface area contributed by atoms with E-state index in [1.807, 2.05) is 0 Å². The highest BCUT2D eigenvalue weighted by atomic mass is 32.2. The zero-order valence-corrected chi connectivity index (χ0v) is 23.1. The zero-order valence-electron chi connectivity index (χ0n) is 21.5. The number of aromatic hydroxyl groups is 2. The van der Waals surface area contributed by atoms with E-state index in [0.717, 1.165) is 17.0 Å². The average molecular weight is 649 g/mol. The van der Waals surface area contributed by atoms with Gasteiger partial charge in [0.15, 0.2) is 11.4 Å². The SMILES string of the molecule is O=C(O)CN(CCN1CC(=O)C(O)(c2cc(S(=O)(=O)O)ccc2O)C1C(=O)O)C(C(=O)O)c1cc(S(=O)(=O)O)ccc1O. The lowest BCUT2D eigenvalue weighted by Gasteiger charge is -2.33. The standard InChI is InChI=1S/C23H24N2O16S2/c26-15-3-1-11(42(36,37)38)7-13(15)19(21(31)32)24(10-18(29)30)5-6-25-9-17(28)23(35,20(25)22(33)34)14-8-12(43(39,40)41)2-4-16(14)27/h1-4,7-8,19-20,26-27,35H,5-6,9-10H2,(H,29,30)(H,31,32)(H,33,34)(H,36,37,38)(H,39,40,41). The van der Waals surface area contributed by atoms with Crippen molar-refractivity contribution in [2.45, 2.75) is 27.5 Å². The predicted octanol–water partition coefficient (Wildman–Crippen LogP) is -1.67. The van der Waals surface area contributed by atoms with Gasteiger partial charge in [0.2, 0.25) is 0 Å². The summed E-state index contributed by atoms with van der Waals surface area (Å²) >= 11 is 0. The van der Waals surface area contributed by atoms with Crippen LogP contribution in [0.1, 0.15) is 17.2 Å². The number of likely N-dealkylation sites (tertiary alicyclic amines) is 1. The van der Waals surface area contributed by atoms with Gasteiger partial charge in [-0.2, -0.15) is 16.8 Å². The van der Waals surface area contributed by atoms with Gasteiger partial charge >= 0.3 is 17.9 Å². The lowest BCUT2D eigenvalue weighted by Crippen LogP contribution is -2.52. The fraction of sp³-hybridized carbons (Fsp3) is 0.304. The molecule has 0 radical (unpaired) electrons. The maximum atomic E-state index is 13.0. The van der Waals surface area contributed by atoms with Crippen molar-refractivity contribution in [3.63, 3.8) is 0 Å². The van der Waals surface area contributed by atoms with Crippen molar-refractivity contribution in [1.82, 2.24) is 9.80 Å². The minimum absolute atomic E-state index is 0.490. The van der Waals surface area contributed by atoms with Gasteiger partial charge in [0.05, 0.1) is 22.9 Å². The van der Waals surface area contributed by atoms with Gasteiger partial charge in [-0.3, -0.25) is 38.1 Å². The molecule has 3 rings (SSSR count). The van der Waals surface area contributed by atoms with Crippen molar-refractivity contribution in [3.05, 3.63) is 47.5 Å².